The second kappa shape index (κ2) is 13.1. The monoisotopic (exact) mass is 417 g/mol. The summed E-state index contributed by atoms with van der Waals surface area (Å²) in [4.78, 5) is 15.8. The van der Waals surface area contributed by atoms with Crippen molar-refractivity contribution in [1.82, 2.24) is 15.6 Å². The Morgan fingerprint density at radius 3 is 2.42 bits per heavy atom. The zero-order valence-corrected chi connectivity index (χ0v) is 17.9. The van der Waals surface area contributed by atoms with Gasteiger partial charge in [-0.3, -0.25) is 4.98 Å². The number of unbranched alkanes of at least 4 members (excludes halogenated alkanes) is 4. The molecule has 0 aliphatic heterocycles. The Kier molecular flexibility index (Phi) is 9.42. The number of nitrogens with one attached hydrogen (secondary N) is 2. The number of para-hydroxylation sites is 1. The minimum atomic E-state index is -0.130. The number of ether oxygens (including phenoxy) is 1. The fourth-order valence-electron chi connectivity index (χ4n) is 3.34. The Morgan fingerprint density at radius 1 is 0.806 bits per heavy atom. The van der Waals surface area contributed by atoms with Crippen molar-refractivity contribution in [2.75, 3.05) is 13.2 Å². The maximum atomic E-state index is 11.8. The summed E-state index contributed by atoms with van der Waals surface area (Å²) in [6, 6.07) is 22.2. The van der Waals surface area contributed by atoms with Crippen LogP contribution in [-0.4, -0.2) is 24.2 Å². The van der Waals surface area contributed by atoms with E-state index in [0.717, 1.165) is 55.6 Å². The zero-order chi connectivity index (χ0) is 21.6. The molecule has 1 aromatic heterocycles. The van der Waals surface area contributed by atoms with Gasteiger partial charge in [0.05, 0.1) is 6.61 Å². The van der Waals surface area contributed by atoms with E-state index in [1.54, 1.807) is 12.4 Å². The number of carbonyl (C=O) groups excluding carboxylic acids is 1. The van der Waals surface area contributed by atoms with E-state index in [2.05, 4.69) is 33.8 Å². The van der Waals surface area contributed by atoms with E-state index in [4.69, 9.17) is 4.74 Å². The summed E-state index contributed by atoms with van der Waals surface area (Å²) >= 11 is 0. The lowest BCUT2D eigenvalue weighted by atomic mass is 10.1. The molecule has 0 saturated carbocycles. The van der Waals surface area contributed by atoms with Crippen LogP contribution in [0, 0.1) is 0 Å². The average Bonchev–Trinajstić information content (AvgIpc) is 2.83. The highest BCUT2D eigenvalue weighted by Crippen LogP contribution is 2.29. The van der Waals surface area contributed by atoms with Crippen LogP contribution in [0.5, 0.6) is 5.75 Å². The van der Waals surface area contributed by atoms with E-state index >= 15 is 0 Å². The van der Waals surface area contributed by atoms with Crippen LogP contribution in [0.1, 0.15) is 37.7 Å². The minimum Gasteiger partial charge on any atom is -0.493 e. The molecule has 0 bridgehead atoms. The molecule has 2 amide bonds. The molecule has 0 unspecified atom stereocenters. The van der Waals surface area contributed by atoms with Gasteiger partial charge in [-0.25, -0.2) is 4.79 Å². The summed E-state index contributed by atoms with van der Waals surface area (Å²) in [6.45, 7) is 1.91. The number of benzene rings is 2. The smallest absolute Gasteiger partial charge is 0.315 e. The van der Waals surface area contributed by atoms with Gasteiger partial charge in [0, 0.05) is 31.0 Å². The predicted octanol–water partition coefficient (Wildman–Crippen LogP) is 5.58. The number of hydrogen-bond donors (Lipinski definition) is 2. The first kappa shape index (κ1) is 22.3. The first-order valence-corrected chi connectivity index (χ1v) is 11.0. The molecule has 0 radical (unpaired) electrons. The number of aromatic nitrogens is 1. The van der Waals surface area contributed by atoms with E-state index < -0.39 is 0 Å². The maximum absolute atomic E-state index is 11.8. The van der Waals surface area contributed by atoms with E-state index in [0.29, 0.717) is 13.1 Å². The van der Waals surface area contributed by atoms with Gasteiger partial charge in [0.1, 0.15) is 5.75 Å². The van der Waals surface area contributed by atoms with E-state index in [9.17, 15) is 4.79 Å². The highest BCUT2D eigenvalue weighted by atomic mass is 16.5. The molecule has 0 aliphatic carbocycles. The largest absolute Gasteiger partial charge is 0.493 e. The van der Waals surface area contributed by atoms with Crippen LogP contribution < -0.4 is 15.4 Å². The highest BCUT2D eigenvalue weighted by Gasteiger charge is 2.05. The molecule has 162 valence electrons. The molecule has 1 heterocycles. The number of rotatable bonds is 12. The predicted molar refractivity (Wildman–Crippen MR) is 125 cm³/mol. The van der Waals surface area contributed by atoms with Crippen molar-refractivity contribution in [2.24, 2.45) is 0 Å². The minimum absolute atomic E-state index is 0.130. The first-order chi connectivity index (χ1) is 15.3. The maximum Gasteiger partial charge on any atom is 0.315 e. The number of hydrogen-bond acceptors (Lipinski definition) is 3. The Balaban J connectivity index is 1.22. The van der Waals surface area contributed by atoms with Crippen molar-refractivity contribution in [3.8, 4) is 16.9 Å². The van der Waals surface area contributed by atoms with Crippen molar-refractivity contribution in [3.05, 3.63) is 84.7 Å². The normalized spacial score (nSPS) is 10.5. The van der Waals surface area contributed by atoms with Gasteiger partial charge in [0.25, 0.3) is 0 Å². The fourth-order valence-corrected chi connectivity index (χ4v) is 3.34. The van der Waals surface area contributed by atoms with Crippen LogP contribution in [0.3, 0.4) is 0 Å². The molecule has 31 heavy (non-hydrogen) atoms. The van der Waals surface area contributed by atoms with Crippen molar-refractivity contribution in [2.45, 2.75) is 38.6 Å². The van der Waals surface area contributed by atoms with Crippen LogP contribution in [0.2, 0.25) is 0 Å². The number of carbonyl (C=O) groups is 1. The molecule has 0 atom stereocenters. The molecule has 3 rings (SSSR count). The zero-order valence-electron chi connectivity index (χ0n) is 17.9. The molecular weight excluding hydrogens is 386 g/mol. The number of amides is 2. The topological polar surface area (TPSA) is 63.2 Å². The van der Waals surface area contributed by atoms with Crippen molar-refractivity contribution in [1.29, 1.82) is 0 Å². The first-order valence-electron chi connectivity index (χ1n) is 11.0. The van der Waals surface area contributed by atoms with Gasteiger partial charge in [-0.15, -0.1) is 0 Å². The van der Waals surface area contributed by atoms with Crippen LogP contribution >= 0.6 is 0 Å². The van der Waals surface area contributed by atoms with Crippen molar-refractivity contribution >= 4 is 6.03 Å². The number of pyridine rings is 1. The van der Waals surface area contributed by atoms with Crippen molar-refractivity contribution < 1.29 is 9.53 Å². The summed E-state index contributed by atoms with van der Waals surface area (Å²) in [5.41, 5.74) is 3.30. The summed E-state index contributed by atoms with van der Waals surface area (Å²) in [5, 5.41) is 5.75. The summed E-state index contributed by atoms with van der Waals surface area (Å²) in [6.07, 6.45) is 8.86. The lowest BCUT2D eigenvalue weighted by Crippen LogP contribution is -2.35. The molecule has 2 aromatic carbocycles. The lowest BCUT2D eigenvalue weighted by Gasteiger charge is -2.11. The standard InChI is InChI=1S/C26H31N3O2/c30-26(29-21-22-12-11-17-27-20-22)28-18-9-2-1-3-10-19-31-25-16-8-7-15-24(25)23-13-5-4-6-14-23/h4-8,11-17,20H,1-3,9-10,18-19,21H2,(H2,28,29,30). The van der Waals surface area contributed by atoms with Crippen molar-refractivity contribution in [3.63, 3.8) is 0 Å². The Hall–Kier alpha value is -3.34. The quantitative estimate of drug-likeness (QED) is 0.378. The summed E-state index contributed by atoms with van der Waals surface area (Å²) in [7, 11) is 0. The van der Waals surface area contributed by atoms with Crippen LogP contribution in [0.15, 0.2) is 79.1 Å². The second-order valence-corrected chi connectivity index (χ2v) is 7.45. The Bertz CT molecular complexity index is 901. The molecular formula is C26H31N3O2. The van der Waals surface area contributed by atoms with Gasteiger partial charge in [-0.05, 0) is 36.1 Å². The van der Waals surface area contributed by atoms with Crippen LogP contribution in [-0.2, 0) is 6.54 Å². The molecule has 0 spiro atoms. The third kappa shape index (κ3) is 8.13. The summed E-state index contributed by atoms with van der Waals surface area (Å²) in [5.74, 6) is 0.940. The van der Waals surface area contributed by atoms with E-state index in [-0.39, 0.29) is 6.03 Å². The van der Waals surface area contributed by atoms with Gasteiger partial charge in [0.2, 0.25) is 0 Å². The highest BCUT2D eigenvalue weighted by molar-refractivity contribution is 5.73. The third-order valence-electron chi connectivity index (χ3n) is 5.01. The fraction of sp³-hybridized carbons (Fsp3) is 0.308. The SMILES string of the molecule is O=C(NCCCCCCCOc1ccccc1-c1ccccc1)NCc1cccnc1. The van der Waals surface area contributed by atoms with Gasteiger partial charge in [-0.1, -0.05) is 73.9 Å². The average molecular weight is 418 g/mol. The second-order valence-electron chi connectivity index (χ2n) is 7.45. The Morgan fingerprint density at radius 2 is 1.58 bits per heavy atom. The van der Waals surface area contributed by atoms with Crippen LogP contribution in [0.4, 0.5) is 4.79 Å². The van der Waals surface area contributed by atoms with E-state index in [1.807, 2.05) is 48.5 Å². The van der Waals surface area contributed by atoms with Gasteiger partial charge < -0.3 is 15.4 Å². The van der Waals surface area contributed by atoms with E-state index in [1.165, 1.54) is 5.56 Å². The molecule has 0 fully saturated rings. The van der Waals surface area contributed by atoms with Gasteiger partial charge in [0.15, 0.2) is 0 Å². The molecule has 0 saturated heterocycles. The number of nitrogens with zero attached hydrogens (tertiary/aromatic N) is 1. The number of urea groups is 1. The van der Waals surface area contributed by atoms with Gasteiger partial charge in [-0.2, -0.15) is 0 Å². The lowest BCUT2D eigenvalue weighted by molar-refractivity contribution is 0.240. The summed E-state index contributed by atoms with van der Waals surface area (Å²) < 4.78 is 6.04. The Labute approximate surface area is 184 Å². The molecule has 2 N–H and O–H groups in total. The molecule has 0 aliphatic rings. The van der Waals surface area contributed by atoms with Crippen LogP contribution in [0.25, 0.3) is 11.1 Å². The third-order valence-corrected chi connectivity index (χ3v) is 5.01. The molecule has 5 heteroatoms. The van der Waals surface area contributed by atoms with Gasteiger partial charge >= 0.3 is 6.03 Å². The molecule has 5 nitrogen and oxygen atoms in total. The molecule has 3 aromatic rings.